The summed E-state index contributed by atoms with van der Waals surface area (Å²) in [6, 6.07) is 7.36. The molecule has 2 aromatic rings. The number of hydrogen-bond donors (Lipinski definition) is 2. The number of aryl methyl sites for hydroxylation is 1. The lowest BCUT2D eigenvalue weighted by molar-refractivity contribution is -0.121. The highest BCUT2D eigenvalue weighted by Gasteiger charge is 2.11. The van der Waals surface area contributed by atoms with Crippen LogP contribution in [0.15, 0.2) is 34.9 Å². The average Bonchev–Trinajstić information content (AvgIpc) is 2.94. The van der Waals surface area contributed by atoms with Crippen molar-refractivity contribution in [2.24, 2.45) is 0 Å². The van der Waals surface area contributed by atoms with Crippen LogP contribution < -0.4 is 5.32 Å². The highest BCUT2D eigenvalue weighted by Crippen LogP contribution is 2.28. The van der Waals surface area contributed by atoms with Gasteiger partial charge in [0.25, 0.3) is 0 Å². The molecule has 0 saturated heterocycles. The predicted molar refractivity (Wildman–Crippen MR) is 84.6 cm³/mol. The summed E-state index contributed by atoms with van der Waals surface area (Å²) in [6.45, 7) is 2.15. The number of nitrogens with one attached hydrogen (secondary N) is 1. The van der Waals surface area contributed by atoms with E-state index >= 15 is 0 Å². The van der Waals surface area contributed by atoms with Crippen LogP contribution in [0.5, 0.6) is 0 Å². The number of hydrogen-bond acceptors (Lipinski definition) is 4. The van der Waals surface area contributed by atoms with Crippen LogP contribution in [0.2, 0.25) is 5.02 Å². The van der Waals surface area contributed by atoms with Gasteiger partial charge in [-0.2, -0.15) is 0 Å². The van der Waals surface area contributed by atoms with Gasteiger partial charge in [0.05, 0.1) is 17.3 Å². The Balaban J connectivity index is 1.85. The zero-order valence-corrected chi connectivity index (χ0v) is 13.1. The number of oxazole rings is 1. The number of carbonyl (C=O) groups excluding carboxylic acids is 1. The van der Waals surface area contributed by atoms with E-state index in [1.807, 2.05) is 18.2 Å². The number of nitrogens with zero attached hydrogens (tertiary/aromatic N) is 1. The van der Waals surface area contributed by atoms with Gasteiger partial charge in [-0.1, -0.05) is 23.7 Å². The van der Waals surface area contributed by atoms with Gasteiger partial charge in [0.1, 0.15) is 0 Å². The van der Waals surface area contributed by atoms with Crippen molar-refractivity contribution in [3.63, 3.8) is 0 Å². The lowest BCUT2D eigenvalue weighted by Crippen LogP contribution is -2.26. The molecule has 0 aliphatic heterocycles. The predicted octanol–water partition coefficient (Wildman–Crippen LogP) is 2.81. The summed E-state index contributed by atoms with van der Waals surface area (Å²) in [7, 11) is 0. The van der Waals surface area contributed by atoms with E-state index in [0.717, 1.165) is 5.56 Å². The lowest BCUT2D eigenvalue weighted by atomic mass is 10.2. The van der Waals surface area contributed by atoms with E-state index < -0.39 is 6.10 Å². The lowest BCUT2D eigenvalue weighted by Gasteiger charge is -2.05. The third-order valence-corrected chi connectivity index (χ3v) is 3.47. The summed E-state index contributed by atoms with van der Waals surface area (Å²) in [6.07, 6.45) is 2.46. The summed E-state index contributed by atoms with van der Waals surface area (Å²) in [5.74, 6) is 1.01. The maximum absolute atomic E-state index is 11.6. The molecule has 1 aromatic heterocycles. The van der Waals surface area contributed by atoms with Crippen molar-refractivity contribution < 1.29 is 14.3 Å². The van der Waals surface area contributed by atoms with Crippen molar-refractivity contribution >= 4 is 17.5 Å². The third kappa shape index (κ3) is 4.86. The Morgan fingerprint density at radius 3 is 2.95 bits per heavy atom. The monoisotopic (exact) mass is 322 g/mol. The minimum absolute atomic E-state index is 0.0851. The molecule has 0 saturated carbocycles. The maximum atomic E-state index is 11.6. The van der Waals surface area contributed by atoms with E-state index in [0.29, 0.717) is 42.5 Å². The van der Waals surface area contributed by atoms with Gasteiger partial charge in [-0.25, -0.2) is 4.98 Å². The summed E-state index contributed by atoms with van der Waals surface area (Å²) in [4.78, 5) is 15.8. The molecule has 0 aliphatic carbocycles. The zero-order valence-electron chi connectivity index (χ0n) is 12.4. The SMILES string of the molecule is CC(O)CCNC(=O)CCc1ncc(-c2ccccc2Cl)o1. The molecule has 0 radical (unpaired) electrons. The van der Waals surface area contributed by atoms with E-state index in [1.165, 1.54) is 0 Å². The Kier molecular flexibility index (Phi) is 5.98. The second kappa shape index (κ2) is 7.96. The molecule has 0 spiro atoms. The van der Waals surface area contributed by atoms with Crippen molar-refractivity contribution in [1.82, 2.24) is 10.3 Å². The van der Waals surface area contributed by atoms with Crippen LogP contribution in [-0.4, -0.2) is 28.6 Å². The third-order valence-electron chi connectivity index (χ3n) is 3.14. The van der Waals surface area contributed by atoms with Crippen LogP contribution in [0.3, 0.4) is 0 Å². The number of aliphatic hydroxyl groups is 1. The molecule has 5 nitrogen and oxygen atoms in total. The Morgan fingerprint density at radius 2 is 2.23 bits per heavy atom. The van der Waals surface area contributed by atoms with Crippen LogP contribution in [0.4, 0.5) is 0 Å². The molecule has 1 heterocycles. The first kappa shape index (κ1) is 16.5. The first-order valence-corrected chi connectivity index (χ1v) is 7.58. The first-order valence-electron chi connectivity index (χ1n) is 7.20. The quantitative estimate of drug-likeness (QED) is 0.822. The Hall–Kier alpha value is -1.85. The van der Waals surface area contributed by atoms with Crippen molar-refractivity contribution in [2.45, 2.75) is 32.3 Å². The molecule has 0 aliphatic rings. The molecule has 1 unspecified atom stereocenters. The summed E-state index contributed by atoms with van der Waals surface area (Å²) in [5.41, 5.74) is 0.782. The van der Waals surface area contributed by atoms with Gasteiger partial charge in [-0.15, -0.1) is 0 Å². The number of carbonyl (C=O) groups is 1. The zero-order chi connectivity index (χ0) is 15.9. The minimum atomic E-state index is -0.412. The Bertz CT molecular complexity index is 625. The van der Waals surface area contributed by atoms with Crippen LogP contribution >= 0.6 is 11.6 Å². The molecule has 1 aromatic carbocycles. The number of aromatic nitrogens is 1. The largest absolute Gasteiger partial charge is 0.441 e. The van der Waals surface area contributed by atoms with E-state index in [2.05, 4.69) is 10.3 Å². The molecular weight excluding hydrogens is 304 g/mol. The van der Waals surface area contributed by atoms with Crippen molar-refractivity contribution in [1.29, 1.82) is 0 Å². The van der Waals surface area contributed by atoms with Crippen LogP contribution in [0.1, 0.15) is 25.7 Å². The smallest absolute Gasteiger partial charge is 0.220 e. The molecule has 1 atom stereocenters. The number of rotatable bonds is 7. The fourth-order valence-electron chi connectivity index (χ4n) is 1.94. The Morgan fingerprint density at radius 1 is 1.45 bits per heavy atom. The molecule has 2 rings (SSSR count). The van der Waals surface area contributed by atoms with Gasteiger partial charge in [0.2, 0.25) is 5.91 Å². The fourth-order valence-corrected chi connectivity index (χ4v) is 2.17. The standard InChI is InChI=1S/C16H19ClN2O3/c1-11(20)8-9-18-15(21)6-7-16-19-10-14(22-16)12-4-2-3-5-13(12)17/h2-5,10-11,20H,6-9H2,1H3,(H,18,21). The molecule has 6 heteroatoms. The van der Waals surface area contributed by atoms with E-state index in [9.17, 15) is 4.79 Å². The van der Waals surface area contributed by atoms with Crippen molar-refractivity contribution in [2.75, 3.05) is 6.54 Å². The Labute approximate surface area is 134 Å². The average molecular weight is 323 g/mol. The van der Waals surface area contributed by atoms with Crippen molar-refractivity contribution in [3.05, 3.63) is 41.4 Å². The number of halogens is 1. The summed E-state index contributed by atoms with van der Waals surface area (Å²) in [5, 5.41) is 12.5. The van der Waals surface area contributed by atoms with Gasteiger partial charge in [-0.3, -0.25) is 4.79 Å². The van der Waals surface area contributed by atoms with Gasteiger partial charge in [-0.05, 0) is 25.5 Å². The molecule has 2 N–H and O–H groups in total. The van der Waals surface area contributed by atoms with E-state index in [-0.39, 0.29) is 5.91 Å². The van der Waals surface area contributed by atoms with Gasteiger partial charge in [0.15, 0.2) is 11.7 Å². The molecule has 22 heavy (non-hydrogen) atoms. The second-order valence-corrected chi connectivity index (χ2v) is 5.49. The van der Waals surface area contributed by atoms with Crippen molar-refractivity contribution in [3.8, 4) is 11.3 Å². The topological polar surface area (TPSA) is 75.4 Å². The van der Waals surface area contributed by atoms with Gasteiger partial charge >= 0.3 is 0 Å². The molecule has 0 fully saturated rings. The van der Waals surface area contributed by atoms with Crippen LogP contribution in [-0.2, 0) is 11.2 Å². The van der Waals surface area contributed by atoms with Crippen LogP contribution in [0.25, 0.3) is 11.3 Å². The van der Waals surface area contributed by atoms with E-state index in [1.54, 1.807) is 19.2 Å². The number of amides is 1. The molecule has 118 valence electrons. The second-order valence-electron chi connectivity index (χ2n) is 5.09. The molecule has 0 bridgehead atoms. The number of benzene rings is 1. The minimum Gasteiger partial charge on any atom is -0.441 e. The molecular formula is C16H19ClN2O3. The maximum Gasteiger partial charge on any atom is 0.220 e. The highest BCUT2D eigenvalue weighted by molar-refractivity contribution is 6.33. The summed E-state index contributed by atoms with van der Waals surface area (Å²) >= 11 is 6.11. The normalized spacial score (nSPS) is 12.1. The first-order chi connectivity index (χ1) is 10.6. The van der Waals surface area contributed by atoms with Gasteiger partial charge < -0.3 is 14.8 Å². The fraction of sp³-hybridized carbons (Fsp3) is 0.375. The van der Waals surface area contributed by atoms with Crippen LogP contribution in [0, 0.1) is 0 Å². The highest BCUT2D eigenvalue weighted by atomic mass is 35.5. The summed E-state index contributed by atoms with van der Waals surface area (Å²) < 4.78 is 5.63. The van der Waals surface area contributed by atoms with Gasteiger partial charge in [0, 0.05) is 24.9 Å². The number of aliphatic hydroxyl groups excluding tert-OH is 1. The van der Waals surface area contributed by atoms with E-state index in [4.69, 9.17) is 21.1 Å². The molecule has 1 amide bonds.